The van der Waals surface area contributed by atoms with Crippen molar-refractivity contribution in [2.24, 2.45) is 0 Å². The van der Waals surface area contributed by atoms with Gasteiger partial charge in [-0.3, -0.25) is 4.79 Å². The highest BCUT2D eigenvalue weighted by atomic mass is 19.1. The van der Waals surface area contributed by atoms with Crippen LogP contribution >= 0.6 is 0 Å². The Hall–Kier alpha value is -1.92. The van der Waals surface area contributed by atoms with Crippen LogP contribution in [0.2, 0.25) is 0 Å². The molecule has 0 bridgehead atoms. The van der Waals surface area contributed by atoms with Gasteiger partial charge in [0.15, 0.2) is 5.76 Å². The van der Waals surface area contributed by atoms with E-state index < -0.39 is 6.29 Å². The van der Waals surface area contributed by atoms with E-state index in [4.69, 9.17) is 14.6 Å². The van der Waals surface area contributed by atoms with Crippen molar-refractivity contribution < 1.29 is 23.8 Å². The number of amides is 1. The van der Waals surface area contributed by atoms with Crippen LogP contribution in [0.4, 0.5) is 4.39 Å². The van der Waals surface area contributed by atoms with E-state index in [9.17, 15) is 9.18 Å². The molecule has 1 heterocycles. The van der Waals surface area contributed by atoms with Crippen molar-refractivity contribution >= 4 is 5.91 Å². The summed E-state index contributed by atoms with van der Waals surface area (Å²) in [6, 6.07) is 6.52. The summed E-state index contributed by atoms with van der Waals surface area (Å²) in [5.74, 6) is -0.321. The van der Waals surface area contributed by atoms with Gasteiger partial charge in [0.2, 0.25) is 6.29 Å². The summed E-state index contributed by atoms with van der Waals surface area (Å²) in [6.45, 7) is 0.584. The molecule has 1 aliphatic heterocycles. The van der Waals surface area contributed by atoms with Crippen LogP contribution < -0.4 is 5.32 Å². The molecule has 2 aliphatic rings. The zero-order valence-corrected chi connectivity index (χ0v) is 14.1. The second-order valence-corrected chi connectivity index (χ2v) is 6.52. The highest BCUT2D eigenvalue weighted by Crippen LogP contribution is 2.32. The number of carbonyl (C=O) groups excluding carboxylic acids is 1. The van der Waals surface area contributed by atoms with Gasteiger partial charge >= 0.3 is 0 Å². The Morgan fingerprint density at radius 2 is 2.04 bits per heavy atom. The first-order chi connectivity index (χ1) is 12.2. The molecule has 1 fully saturated rings. The molecule has 1 amide bonds. The van der Waals surface area contributed by atoms with Crippen molar-refractivity contribution in [1.29, 1.82) is 0 Å². The highest BCUT2D eigenvalue weighted by molar-refractivity contribution is 5.92. The quantitative estimate of drug-likeness (QED) is 0.708. The van der Waals surface area contributed by atoms with Gasteiger partial charge in [0.05, 0.1) is 6.61 Å². The van der Waals surface area contributed by atoms with Gasteiger partial charge < -0.3 is 19.9 Å². The fourth-order valence-electron chi connectivity index (χ4n) is 2.77. The number of hydrogen-bond donors (Lipinski definition) is 2. The molecule has 3 rings (SSSR count). The SMILES string of the molecule is O=C(NC1CC1)C1=C[C@H](c2ccc(F)cc2)C[C@H](OCCCCO)O1. The van der Waals surface area contributed by atoms with Crippen molar-refractivity contribution in [3.63, 3.8) is 0 Å². The Labute approximate surface area is 146 Å². The molecule has 136 valence electrons. The van der Waals surface area contributed by atoms with Crippen LogP contribution in [0, 0.1) is 5.82 Å². The second-order valence-electron chi connectivity index (χ2n) is 6.52. The lowest BCUT2D eigenvalue weighted by Crippen LogP contribution is -2.34. The number of hydrogen-bond acceptors (Lipinski definition) is 4. The van der Waals surface area contributed by atoms with Crippen LogP contribution in [-0.4, -0.2) is 36.6 Å². The van der Waals surface area contributed by atoms with Crippen molar-refractivity contribution in [2.45, 2.75) is 50.4 Å². The number of halogens is 1. The third-order valence-electron chi connectivity index (χ3n) is 4.35. The largest absolute Gasteiger partial charge is 0.459 e. The van der Waals surface area contributed by atoms with Gasteiger partial charge in [-0.2, -0.15) is 0 Å². The van der Waals surface area contributed by atoms with E-state index in [1.54, 1.807) is 18.2 Å². The summed E-state index contributed by atoms with van der Waals surface area (Å²) < 4.78 is 24.6. The molecule has 25 heavy (non-hydrogen) atoms. The number of unbranched alkanes of at least 4 members (excludes halogenated alkanes) is 1. The predicted octanol–water partition coefficient (Wildman–Crippen LogP) is 2.61. The lowest BCUT2D eigenvalue weighted by atomic mass is 9.93. The smallest absolute Gasteiger partial charge is 0.286 e. The Kier molecular flexibility index (Phi) is 6.04. The van der Waals surface area contributed by atoms with Crippen LogP contribution in [0.3, 0.4) is 0 Å². The summed E-state index contributed by atoms with van der Waals surface area (Å²) in [7, 11) is 0. The summed E-state index contributed by atoms with van der Waals surface area (Å²) >= 11 is 0. The maximum absolute atomic E-state index is 13.2. The number of ether oxygens (including phenoxy) is 2. The number of aliphatic hydroxyl groups is 1. The van der Waals surface area contributed by atoms with Gasteiger partial charge in [-0.15, -0.1) is 0 Å². The number of allylic oxidation sites excluding steroid dienone is 1. The molecule has 6 heteroatoms. The zero-order valence-electron chi connectivity index (χ0n) is 14.1. The molecule has 0 saturated heterocycles. The summed E-state index contributed by atoms with van der Waals surface area (Å²) in [6.07, 6.45) is 5.22. The van der Waals surface area contributed by atoms with E-state index in [1.807, 2.05) is 0 Å². The molecule has 1 aromatic carbocycles. The van der Waals surface area contributed by atoms with Crippen LogP contribution in [0.25, 0.3) is 0 Å². The normalized spacial score (nSPS) is 22.9. The van der Waals surface area contributed by atoms with Crippen LogP contribution in [0.15, 0.2) is 36.1 Å². The Bertz CT molecular complexity index is 612. The fourth-order valence-corrected chi connectivity index (χ4v) is 2.77. The van der Waals surface area contributed by atoms with E-state index in [2.05, 4.69) is 5.32 Å². The molecule has 1 saturated carbocycles. The minimum Gasteiger partial charge on any atom is -0.459 e. The van der Waals surface area contributed by atoms with Gasteiger partial charge in [-0.1, -0.05) is 12.1 Å². The molecule has 5 nitrogen and oxygen atoms in total. The number of nitrogens with one attached hydrogen (secondary N) is 1. The molecule has 1 aromatic rings. The first kappa shape index (κ1) is 17.9. The van der Waals surface area contributed by atoms with Crippen molar-refractivity contribution in [3.05, 3.63) is 47.5 Å². The van der Waals surface area contributed by atoms with Gasteiger partial charge in [0.25, 0.3) is 5.91 Å². The third kappa shape index (κ3) is 5.28. The fraction of sp³-hybridized carbons (Fsp3) is 0.526. The maximum atomic E-state index is 13.2. The van der Waals surface area contributed by atoms with Gasteiger partial charge in [0.1, 0.15) is 5.82 Å². The van der Waals surface area contributed by atoms with Gasteiger partial charge in [-0.05, 0) is 49.5 Å². The maximum Gasteiger partial charge on any atom is 0.286 e. The minimum atomic E-state index is -0.529. The Morgan fingerprint density at radius 3 is 2.72 bits per heavy atom. The molecular formula is C19H24FNO4. The minimum absolute atomic E-state index is 0.0721. The third-order valence-corrected chi connectivity index (χ3v) is 4.35. The Morgan fingerprint density at radius 1 is 1.28 bits per heavy atom. The predicted molar refractivity (Wildman–Crippen MR) is 90.2 cm³/mol. The molecule has 0 radical (unpaired) electrons. The summed E-state index contributed by atoms with van der Waals surface area (Å²) in [5.41, 5.74) is 0.922. The zero-order chi connectivity index (χ0) is 17.6. The van der Waals surface area contributed by atoms with Crippen LogP contribution in [0.5, 0.6) is 0 Å². The van der Waals surface area contributed by atoms with Crippen molar-refractivity contribution in [1.82, 2.24) is 5.32 Å². The first-order valence-electron chi connectivity index (χ1n) is 8.83. The first-order valence-corrected chi connectivity index (χ1v) is 8.83. The molecular weight excluding hydrogens is 325 g/mol. The molecule has 2 atom stereocenters. The van der Waals surface area contributed by atoms with Gasteiger partial charge in [0, 0.05) is 25.0 Å². The van der Waals surface area contributed by atoms with Gasteiger partial charge in [-0.25, -0.2) is 4.39 Å². The summed E-state index contributed by atoms with van der Waals surface area (Å²) in [4.78, 5) is 12.3. The molecule has 2 N–H and O–H groups in total. The number of carbonyl (C=O) groups is 1. The van der Waals surface area contributed by atoms with E-state index >= 15 is 0 Å². The molecule has 0 spiro atoms. The highest BCUT2D eigenvalue weighted by Gasteiger charge is 2.31. The van der Waals surface area contributed by atoms with Crippen LogP contribution in [0.1, 0.15) is 43.6 Å². The monoisotopic (exact) mass is 349 g/mol. The van der Waals surface area contributed by atoms with E-state index in [1.165, 1.54) is 12.1 Å². The average molecular weight is 349 g/mol. The van der Waals surface area contributed by atoms with E-state index in [-0.39, 0.29) is 36.1 Å². The topological polar surface area (TPSA) is 67.8 Å². The van der Waals surface area contributed by atoms with E-state index in [0.717, 1.165) is 24.8 Å². The molecule has 1 aliphatic carbocycles. The molecule has 0 unspecified atom stereocenters. The number of rotatable bonds is 8. The average Bonchev–Trinajstić information content (AvgIpc) is 3.43. The number of aliphatic hydroxyl groups excluding tert-OH is 1. The summed E-state index contributed by atoms with van der Waals surface area (Å²) in [5, 5.41) is 11.8. The lowest BCUT2D eigenvalue weighted by Gasteiger charge is -2.29. The van der Waals surface area contributed by atoms with Crippen LogP contribution in [-0.2, 0) is 14.3 Å². The standard InChI is InChI=1S/C19H24FNO4/c20-15-5-3-13(4-6-15)14-11-17(19(23)21-16-7-8-16)25-18(12-14)24-10-2-1-9-22/h3-6,11,14,16,18,22H,1-2,7-10,12H2,(H,21,23)/t14-,18+/m0/s1. The molecule has 0 aromatic heterocycles. The van der Waals surface area contributed by atoms with E-state index in [0.29, 0.717) is 19.4 Å². The number of benzene rings is 1. The Balaban J connectivity index is 1.69. The lowest BCUT2D eigenvalue weighted by molar-refractivity contribution is -0.146. The van der Waals surface area contributed by atoms with Crippen molar-refractivity contribution in [2.75, 3.05) is 13.2 Å². The van der Waals surface area contributed by atoms with Crippen molar-refractivity contribution in [3.8, 4) is 0 Å². The second kappa shape index (κ2) is 8.45.